The maximum Gasteiger partial charge on any atom is 0.266 e. The van der Waals surface area contributed by atoms with Crippen molar-refractivity contribution >= 4 is 44.0 Å². The van der Waals surface area contributed by atoms with E-state index in [1.54, 1.807) is 12.2 Å². The molecule has 0 aromatic carbocycles. The molecule has 2 rings (SSSR count). The average molecular weight is 303 g/mol. The van der Waals surface area contributed by atoms with Crippen LogP contribution in [0.25, 0.3) is 0 Å². The monoisotopic (exact) mass is 303 g/mol. The minimum atomic E-state index is -3.01. The van der Waals surface area contributed by atoms with E-state index in [-0.39, 0.29) is 23.5 Å². The van der Waals surface area contributed by atoms with Gasteiger partial charge >= 0.3 is 0 Å². The van der Waals surface area contributed by atoms with Crippen molar-refractivity contribution in [3.63, 3.8) is 0 Å². The largest absolute Gasteiger partial charge is 0.289 e. The number of hydrogen-bond acceptors (Lipinski definition) is 5. The minimum Gasteiger partial charge on any atom is -0.289 e. The fourth-order valence-electron chi connectivity index (χ4n) is 1.97. The lowest BCUT2D eigenvalue weighted by Gasteiger charge is -2.20. The third-order valence-corrected chi connectivity index (χ3v) is 5.94. The summed E-state index contributed by atoms with van der Waals surface area (Å²) in [6.07, 6.45) is 5.79. The topological polar surface area (TPSA) is 54.5 Å². The molecule has 0 saturated carbocycles. The van der Waals surface area contributed by atoms with E-state index < -0.39 is 9.84 Å². The summed E-state index contributed by atoms with van der Waals surface area (Å²) in [5.74, 6) is -0.0101. The first-order chi connectivity index (χ1) is 8.44. The number of sulfone groups is 1. The molecule has 0 aromatic rings. The number of thioether (sulfide) groups is 1. The molecule has 0 aliphatic carbocycles. The molecule has 0 N–H and O–H groups in total. The van der Waals surface area contributed by atoms with Crippen LogP contribution in [0, 0.1) is 0 Å². The number of thiocarbonyl (C=S) groups is 1. The number of hydrogen-bond donors (Lipinski definition) is 0. The van der Waals surface area contributed by atoms with Crippen LogP contribution >= 0.6 is 24.0 Å². The SMILES string of the molecule is C/C=C/C=C1/SC(=S)N([C@H]2CCS(=O)(=O)C2)C1=O. The van der Waals surface area contributed by atoms with Gasteiger partial charge in [-0.15, -0.1) is 0 Å². The molecule has 2 heterocycles. The van der Waals surface area contributed by atoms with Crippen LogP contribution in [0.2, 0.25) is 0 Å². The summed E-state index contributed by atoms with van der Waals surface area (Å²) < 4.78 is 23.4. The van der Waals surface area contributed by atoms with Gasteiger partial charge in [-0.25, -0.2) is 8.42 Å². The Morgan fingerprint density at radius 1 is 1.50 bits per heavy atom. The van der Waals surface area contributed by atoms with Gasteiger partial charge in [-0.2, -0.15) is 0 Å². The van der Waals surface area contributed by atoms with Crippen molar-refractivity contribution in [2.24, 2.45) is 0 Å². The van der Waals surface area contributed by atoms with Gasteiger partial charge in [0, 0.05) is 0 Å². The molecule has 0 unspecified atom stereocenters. The van der Waals surface area contributed by atoms with Crippen molar-refractivity contribution in [1.82, 2.24) is 4.90 Å². The smallest absolute Gasteiger partial charge is 0.266 e. The summed E-state index contributed by atoms with van der Waals surface area (Å²) in [4.78, 5) is 14.2. The van der Waals surface area contributed by atoms with Crippen LogP contribution in [0.15, 0.2) is 23.1 Å². The average Bonchev–Trinajstić information content (AvgIpc) is 2.77. The summed E-state index contributed by atoms with van der Waals surface area (Å²) in [5.41, 5.74) is 0. The Labute approximate surface area is 116 Å². The van der Waals surface area contributed by atoms with Crippen LogP contribution in [0.3, 0.4) is 0 Å². The van der Waals surface area contributed by atoms with E-state index in [2.05, 4.69) is 0 Å². The van der Waals surface area contributed by atoms with Crippen molar-refractivity contribution in [3.8, 4) is 0 Å². The highest BCUT2D eigenvalue weighted by molar-refractivity contribution is 8.26. The van der Waals surface area contributed by atoms with E-state index in [1.165, 1.54) is 16.7 Å². The second-order valence-corrected chi connectivity index (χ2v) is 8.06. The van der Waals surface area contributed by atoms with Crippen LogP contribution in [-0.4, -0.2) is 41.1 Å². The standard InChI is InChI=1S/C11H13NO3S3/c1-2-3-4-9-10(13)12(11(16)17-9)8-5-6-18(14,15)7-8/h2-4,8H,5-7H2,1H3/b3-2+,9-4+/t8-/m0/s1. The predicted molar refractivity (Wildman–Crippen MR) is 77.0 cm³/mol. The Hall–Kier alpha value is -0.660. The van der Waals surface area contributed by atoms with E-state index >= 15 is 0 Å². The van der Waals surface area contributed by atoms with Gasteiger partial charge in [-0.1, -0.05) is 36.1 Å². The van der Waals surface area contributed by atoms with Gasteiger partial charge in [0.2, 0.25) is 0 Å². The quantitative estimate of drug-likeness (QED) is 0.571. The molecule has 0 bridgehead atoms. The summed E-state index contributed by atoms with van der Waals surface area (Å²) in [6, 6.07) is -0.293. The van der Waals surface area contributed by atoms with Gasteiger partial charge in [0.25, 0.3) is 5.91 Å². The van der Waals surface area contributed by atoms with Crippen LogP contribution in [-0.2, 0) is 14.6 Å². The van der Waals surface area contributed by atoms with Gasteiger partial charge in [0.15, 0.2) is 9.84 Å². The Morgan fingerprint density at radius 3 is 2.78 bits per heavy atom. The minimum absolute atomic E-state index is 0.0241. The lowest BCUT2D eigenvalue weighted by atomic mass is 10.2. The number of allylic oxidation sites excluding steroid dienone is 3. The number of carbonyl (C=O) groups is 1. The highest BCUT2D eigenvalue weighted by Crippen LogP contribution is 2.35. The van der Waals surface area contributed by atoms with Gasteiger partial charge in [0.05, 0.1) is 22.5 Å². The van der Waals surface area contributed by atoms with Gasteiger partial charge < -0.3 is 0 Å². The lowest BCUT2D eigenvalue weighted by Crippen LogP contribution is -2.39. The van der Waals surface area contributed by atoms with E-state index in [1.807, 2.05) is 13.0 Å². The van der Waals surface area contributed by atoms with Gasteiger partial charge in [0.1, 0.15) is 4.32 Å². The molecule has 1 amide bonds. The number of rotatable bonds is 2. The molecule has 98 valence electrons. The van der Waals surface area contributed by atoms with Crippen molar-refractivity contribution in [2.75, 3.05) is 11.5 Å². The normalized spacial score (nSPS) is 29.9. The van der Waals surface area contributed by atoms with Gasteiger partial charge in [-0.3, -0.25) is 9.69 Å². The fraction of sp³-hybridized carbons (Fsp3) is 0.455. The predicted octanol–water partition coefficient (Wildman–Crippen LogP) is 1.49. The maximum absolute atomic E-state index is 12.1. The van der Waals surface area contributed by atoms with Crippen LogP contribution in [0.1, 0.15) is 13.3 Å². The second kappa shape index (κ2) is 5.14. The molecule has 1 atom stereocenters. The van der Waals surface area contributed by atoms with E-state index in [0.717, 1.165) is 0 Å². The summed E-state index contributed by atoms with van der Waals surface area (Å²) >= 11 is 6.40. The Kier molecular flexibility index (Phi) is 3.93. The first-order valence-electron chi connectivity index (χ1n) is 5.53. The number of nitrogens with zero attached hydrogens (tertiary/aromatic N) is 1. The highest BCUT2D eigenvalue weighted by Gasteiger charge is 2.41. The van der Waals surface area contributed by atoms with E-state index in [4.69, 9.17) is 12.2 Å². The van der Waals surface area contributed by atoms with E-state index in [9.17, 15) is 13.2 Å². The molecular weight excluding hydrogens is 290 g/mol. The fourth-order valence-corrected chi connectivity index (χ4v) is 5.02. The Morgan fingerprint density at radius 2 is 2.22 bits per heavy atom. The summed E-state index contributed by atoms with van der Waals surface area (Å²) in [5, 5.41) is 0. The summed E-state index contributed by atoms with van der Waals surface area (Å²) in [7, 11) is -3.01. The molecule has 0 spiro atoms. The second-order valence-electron chi connectivity index (χ2n) is 4.16. The van der Waals surface area contributed by atoms with Crippen LogP contribution < -0.4 is 0 Å². The zero-order chi connectivity index (χ0) is 13.3. The number of amides is 1. The van der Waals surface area contributed by atoms with Crippen molar-refractivity contribution < 1.29 is 13.2 Å². The Bertz CT molecular complexity index is 548. The third kappa shape index (κ3) is 2.67. The molecule has 2 aliphatic rings. The first kappa shape index (κ1) is 13.8. The molecule has 2 aliphatic heterocycles. The molecule has 7 heteroatoms. The maximum atomic E-state index is 12.1. The summed E-state index contributed by atoms with van der Waals surface area (Å²) in [6.45, 7) is 1.86. The molecule has 4 nitrogen and oxygen atoms in total. The zero-order valence-corrected chi connectivity index (χ0v) is 12.3. The lowest BCUT2D eigenvalue weighted by molar-refractivity contribution is -0.123. The Balaban J connectivity index is 2.21. The number of carbonyl (C=O) groups excluding carboxylic acids is 1. The molecule has 0 radical (unpaired) electrons. The van der Waals surface area contributed by atoms with Gasteiger partial charge in [-0.05, 0) is 19.4 Å². The zero-order valence-electron chi connectivity index (χ0n) is 9.83. The van der Waals surface area contributed by atoms with Crippen molar-refractivity contribution in [2.45, 2.75) is 19.4 Å². The van der Waals surface area contributed by atoms with Crippen molar-refractivity contribution in [1.29, 1.82) is 0 Å². The first-order valence-corrected chi connectivity index (χ1v) is 8.58. The van der Waals surface area contributed by atoms with Crippen LogP contribution in [0.4, 0.5) is 0 Å². The van der Waals surface area contributed by atoms with E-state index in [0.29, 0.717) is 15.6 Å². The van der Waals surface area contributed by atoms with Crippen LogP contribution in [0.5, 0.6) is 0 Å². The van der Waals surface area contributed by atoms with Crippen molar-refractivity contribution in [3.05, 3.63) is 23.1 Å². The molecule has 2 fully saturated rings. The molecule has 0 aromatic heterocycles. The molecular formula is C11H13NO3S3. The third-order valence-electron chi connectivity index (χ3n) is 2.84. The molecule has 18 heavy (non-hydrogen) atoms. The molecule has 2 saturated heterocycles. The highest BCUT2D eigenvalue weighted by atomic mass is 32.2.